The number of carbonyl (C=O) groups excluding carboxylic acids is 1. The molecule has 0 spiro atoms. The molecule has 11 heteroatoms. The number of thiazole rings is 1. The zero-order valence-corrected chi connectivity index (χ0v) is 23.8. The standard InChI is InChI=1S/C22H17Br2IN2O5S/c1-4-31-21(29)17-10(2)26-22-27(18(17)11-5-6-15(30-3)13(23)7-11)20(28)16(33-22)9-12-8-14(24)19(25)32-12/h5-9,18H,4H2,1-3H3/b16-9+/t18-/m0/s1. The maximum absolute atomic E-state index is 13.5. The quantitative estimate of drug-likeness (QED) is 0.288. The number of furan rings is 1. The Morgan fingerprint density at radius 1 is 1.33 bits per heavy atom. The Kier molecular flexibility index (Phi) is 7.32. The van der Waals surface area contributed by atoms with Crippen LogP contribution in [-0.2, 0) is 9.53 Å². The minimum absolute atomic E-state index is 0.213. The molecule has 0 aliphatic carbocycles. The maximum Gasteiger partial charge on any atom is 0.338 e. The largest absolute Gasteiger partial charge is 0.496 e. The Bertz CT molecular complexity index is 1450. The summed E-state index contributed by atoms with van der Waals surface area (Å²) in [7, 11) is 1.57. The summed E-state index contributed by atoms with van der Waals surface area (Å²) in [5.41, 5.74) is 1.28. The number of esters is 1. The summed E-state index contributed by atoms with van der Waals surface area (Å²) in [6.07, 6.45) is 1.68. The number of fused-ring (bicyclic) bond motifs is 1. The monoisotopic (exact) mass is 706 g/mol. The molecular formula is C22H17Br2IN2O5S. The summed E-state index contributed by atoms with van der Waals surface area (Å²) >= 11 is 10.2. The van der Waals surface area contributed by atoms with E-state index in [1.165, 1.54) is 15.9 Å². The van der Waals surface area contributed by atoms with Crippen molar-refractivity contribution in [3.8, 4) is 5.75 Å². The van der Waals surface area contributed by atoms with Gasteiger partial charge in [0.15, 0.2) is 8.57 Å². The molecule has 1 aliphatic rings. The third-order valence-electron chi connectivity index (χ3n) is 4.95. The van der Waals surface area contributed by atoms with Gasteiger partial charge in [-0.2, -0.15) is 0 Å². The molecule has 1 aliphatic heterocycles. The molecule has 0 fully saturated rings. The number of halogens is 3. The number of benzene rings is 1. The highest BCUT2D eigenvalue weighted by atomic mass is 127. The molecule has 3 heterocycles. The van der Waals surface area contributed by atoms with Gasteiger partial charge in [-0.25, -0.2) is 9.79 Å². The second kappa shape index (κ2) is 9.88. The van der Waals surface area contributed by atoms with Gasteiger partial charge in [0, 0.05) is 28.7 Å². The Balaban J connectivity index is 1.97. The van der Waals surface area contributed by atoms with Crippen LogP contribution in [0.5, 0.6) is 5.75 Å². The SMILES string of the molecule is CCOC(=O)C1=C(C)N=c2s/c(=C/c3cc(Br)c(I)o3)c(=O)n2[C@H]1c1ccc(OC)c(Br)c1. The Morgan fingerprint density at radius 3 is 2.70 bits per heavy atom. The van der Waals surface area contributed by atoms with Gasteiger partial charge in [-0.15, -0.1) is 0 Å². The molecule has 0 bridgehead atoms. The van der Waals surface area contributed by atoms with E-state index < -0.39 is 12.0 Å². The summed E-state index contributed by atoms with van der Waals surface area (Å²) in [5.74, 6) is 0.679. The van der Waals surface area contributed by atoms with Crippen molar-refractivity contribution in [2.24, 2.45) is 4.99 Å². The number of allylic oxidation sites excluding steroid dienone is 1. The van der Waals surface area contributed by atoms with Crippen LogP contribution in [-0.4, -0.2) is 24.3 Å². The lowest BCUT2D eigenvalue weighted by molar-refractivity contribution is -0.139. The first-order valence-electron chi connectivity index (χ1n) is 9.73. The van der Waals surface area contributed by atoms with E-state index in [1.54, 1.807) is 39.2 Å². The van der Waals surface area contributed by atoms with Crippen molar-refractivity contribution in [1.29, 1.82) is 0 Å². The fourth-order valence-corrected chi connectivity index (χ4v) is 5.82. The molecule has 1 aromatic carbocycles. The van der Waals surface area contributed by atoms with Crippen LogP contribution in [0.25, 0.3) is 6.08 Å². The normalized spacial score (nSPS) is 15.9. The first-order valence-corrected chi connectivity index (χ1v) is 13.2. The van der Waals surface area contributed by atoms with Gasteiger partial charge >= 0.3 is 5.97 Å². The number of aromatic nitrogens is 1. The highest BCUT2D eigenvalue weighted by Gasteiger charge is 2.33. The van der Waals surface area contributed by atoms with Crippen molar-refractivity contribution >= 4 is 77.8 Å². The van der Waals surface area contributed by atoms with E-state index in [2.05, 4.69) is 59.4 Å². The van der Waals surface area contributed by atoms with Crippen molar-refractivity contribution in [2.45, 2.75) is 19.9 Å². The minimum Gasteiger partial charge on any atom is -0.496 e. The van der Waals surface area contributed by atoms with Crippen molar-refractivity contribution < 1.29 is 18.7 Å². The smallest absolute Gasteiger partial charge is 0.338 e. The second-order valence-corrected chi connectivity index (χ2v) is 10.7. The molecule has 0 amide bonds. The van der Waals surface area contributed by atoms with Crippen LogP contribution >= 0.6 is 65.8 Å². The molecule has 3 aromatic rings. The van der Waals surface area contributed by atoms with Crippen LogP contribution in [0.4, 0.5) is 0 Å². The van der Waals surface area contributed by atoms with Gasteiger partial charge in [-0.3, -0.25) is 9.36 Å². The fraction of sp³-hybridized carbons (Fsp3) is 0.227. The lowest BCUT2D eigenvalue weighted by Gasteiger charge is -2.25. The molecule has 2 aromatic heterocycles. The fourth-order valence-electron chi connectivity index (χ4n) is 3.52. The van der Waals surface area contributed by atoms with E-state index in [4.69, 9.17) is 13.9 Å². The summed E-state index contributed by atoms with van der Waals surface area (Å²) in [5, 5.41) is 0. The summed E-state index contributed by atoms with van der Waals surface area (Å²) in [6.45, 7) is 3.71. The number of ether oxygens (including phenoxy) is 2. The molecule has 0 N–H and O–H groups in total. The van der Waals surface area contributed by atoms with Gasteiger partial charge in [0.25, 0.3) is 5.56 Å². The van der Waals surface area contributed by atoms with Crippen molar-refractivity contribution in [1.82, 2.24) is 4.57 Å². The van der Waals surface area contributed by atoms with E-state index in [-0.39, 0.29) is 12.2 Å². The highest BCUT2D eigenvalue weighted by Crippen LogP contribution is 2.35. The Hall–Kier alpha value is -1.70. The molecule has 0 radical (unpaired) electrons. The Labute approximate surface area is 223 Å². The maximum atomic E-state index is 13.5. The average molecular weight is 708 g/mol. The predicted molar refractivity (Wildman–Crippen MR) is 140 cm³/mol. The number of methoxy groups -OCH3 is 1. The summed E-state index contributed by atoms with van der Waals surface area (Å²) in [4.78, 5) is 31.6. The Morgan fingerprint density at radius 2 is 2.09 bits per heavy atom. The first-order chi connectivity index (χ1) is 15.7. The number of rotatable bonds is 5. The molecule has 0 unspecified atom stereocenters. The molecule has 0 saturated heterocycles. The van der Waals surface area contributed by atoms with Crippen LogP contribution < -0.4 is 19.6 Å². The molecule has 1 atom stereocenters. The molecular weight excluding hydrogens is 691 g/mol. The lowest BCUT2D eigenvalue weighted by atomic mass is 9.96. The number of carbonyl (C=O) groups is 1. The van der Waals surface area contributed by atoms with Crippen molar-refractivity contribution in [3.05, 3.63) is 79.3 Å². The first kappa shape index (κ1) is 24.4. The predicted octanol–water partition coefficient (Wildman–Crippen LogP) is 4.53. The van der Waals surface area contributed by atoms with Crippen molar-refractivity contribution in [2.75, 3.05) is 13.7 Å². The lowest BCUT2D eigenvalue weighted by Crippen LogP contribution is -2.39. The van der Waals surface area contributed by atoms with Crippen LogP contribution in [0.15, 0.2) is 58.7 Å². The van der Waals surface area contributed by atoms with Gasteiger partial charge in [0.05, 0.1) is 44.5 Å². The van der Waals surface area contributed by atoms with Crippen LogP contribution in [0.3, 0.4) is 0 Å². The third kappa shape index (κ3) is 4.64. The van der Waals surface area contributed by atoms with Crippen LogP contribution in [0, 0.1) is 3.77 Å². The molecule has 0 saturated carbocycles. The van der Waals surface area contributed by atoms with Gasteiger partial charge in [0.2, 0.25) is 0 Å². The molecule has 33 heavy (non-hydrogen) atoms. The van der Waals surface area contributed by atoms with E-state index in [1.807, 2.05) is 12.1 Å². The highest BCUT2D eigenvalue weighted by molar-refractivity contribution is 14.1. The van der Waals surface area contributed by atoms with E-state index in [0.29, 0.717) is 40.4 Å². The number of nitrogens with zero attached hydrogens (tertiary/aromatic N) is 2. The van der Waals surface area contributed by atoms with Crippen LogP contribution in [0.1, 0.15) is 31.2 Å². The van der Waals surface area contributed by atoms with Gasteiger partial charge < -0.3 is 13.9 Å². The van der Waals surface area contributed by atoms with E-state index >= 15 is 0 Å². The third-order valence-corrected chi connectivity index (χ3v) is 8.68. The molecule has 172 valence electrons. The topological polar surface area (TPSA) is 83.0 Å². The average Bonchev–Trinajstić information content (AvgIpc) is 3.24. The van der Waals surface area contributed by atoms with Crippen molar-refractivity contribution in [3.63, 3.8) is 0 Å². The zero-order chi connectivity index (χ0) is 23.9. The van der Waals surface area contributed by atoms with Crippen LogP contribution in [0.2, 0.25) is 0 Å². The van der Waals surface area contributed by atoms with E-state index in [0.717, 1.165) is 10.0 Å². The number of hydrogen-bond acceptors (Lipinski definition) is 7. The molecule has 4 rings (SSSR count). The summed E-state index contributed by atoms with van der Waals surface area (Å²) < 4.78 is 20.5. The molecule has 7 nitrogen and oxygen atoms in total. The second-order valence-electron chi connectivity index (χ2n) is 6.97. The minimum atomic E-state index is -0.701. The number of hydrogen-bond donors (Lipinski definition) is 0. The zero-order valence-electron chi connectivity index (χ0n) is 17.6. The van der Waals surface area contributed by atoms with Gasteiger partial charge in [-0.05, 0) is 69.5 Å². The van der Waals surface area contributed by atoms with Gasteiger partial charge in [0.1, 0.15) is 11.5 Å². The van der Waals surface area contributed by atoms with E-state index in [9.17, 15) is 9.59 Å². The summed E-state index contributed by atoms with van der Waals surface area (Å²) in [6, 6.07) is 6.55. The van der Waals surface area contributed by atoms with Gasteiger partial charge in [-0.1, -0.05) is 17.4 Å².